The van der Waals surface area contributed by atoms with Gasteiger partial charge in [0.15, 0.2) is 0 Å². The summed E-state index contributed by atoms with van der Waals surface area (Å²) >= 11 is 0. The second kappa shape index (κ2) is 7.74. The molecule has 1 aromatic rings. The molecule has 0 fully saturated rings. The van der Waals surface area contributed by atoms with Gasteiger partial charge in [-0.25, -0.2) is 0 Å². The molecule has 0 aliphatic rings. The van der Waals surface area contributed by atoms with Crippen molar-refractivity contribution < 1.29 is 9.47 Å². The predicted octanol–water partition coefficient (Wildman–Crippen LogP) is 2.63. The molecule has 0 aliphatic heterocycles. The van der Waals surface area contributed by atoms with Gasteiger partial charge in [0.2, 0.25) is 0 Å². The van der Waals surface area contributed by atoms with Gasteiger partial charge in [-0.1, -0.05) is 19.6 Å². The third-order valence-corrected chi connectivity index (χ3v) is 2.29. The number of rotatable bonds is 8. The number of hydrogen-bond acceptors (Lipinski definition) is 3. The summed E-state index contributed by atoms with van der Waals surface area (Å²) in [6.07, 6.45) is 1.13. The first kappa shape index (κ1) is 13.6. The molecule has 0 saturated heterocycles. The SMILES string of the molecule is C=C(CNCCC)COc1cccc(OC)c1. The van der Waals surface area contributed by atoms with Crippen LogP contribution in [-0.2, 0) is 0 Å². The van der Waals surface area contributed by atoms with Crippen molar-refractivity contribution >= 4 is 0 Å². The minimum Gasteiger partial charge on any atom is -0.497 e. The van der Waals surface area contributed by atoms with Crippen molar-refractivity contribution in [3.63, 3.8) is 0 Å². The largest absolute Gasteiger partial charge is 0.497 e. The van der Waals surface area contributed by atoms with Gasteiger partial charge in [0, 0.05) is 12.6 Å². The highest BCUT2D eigenvalue weighted by Gasteiger charge is 1.98. The Hall–Kier alpha value is -1.48. The van der Waals surface area contributed by atoms with E-state index in [-0.39, 0.29) is 0 Å². The molecule has 3 nitrogen and oxygen atoms in total. The van der Waals surface area contributed by atoms with Gasteiger partial charge in [0.1, 0.15) is 18.1 Å². The molecule has 3 heteroatoms. The summed E-state index contributed by atoms with van der Waals surface area (Å²) < 4.78 is 10.7. The lowest BCUT2D eigenvalue weighted by molar-refractivity contribution is 0.344. The first-order valence-corrected chi connectivity index (χ1v) is 5.90. The van der Waals surface area contributed by atoms with Crippen LogP contribution in [0.25, 0.3) is 0 Å². The zero-order valence-electron chi connectivity index (χ0n) is 10.7. The van der Waals surface area contributed by atoms with Crippen molar-refractivity contribution in [2.75, 3.05) is 26.8 Å². The van der Waals surface area contributed by atoms with E-state index >= 15 is 0 Å². The first-order chi connectivity index (χ1) is 8.26. The molecule has 0 bridgehead atoms. The standard InChI is InChI=1S/C14H21NO2/c1-4-8-15-10-12(2)11-17-14-7-5-6-13(9-14)16-3/h5-7,9,15H,2,4,8,10-11H2,1,3H3. The van der Waals surface area contributed by atoms with Crippen molar-refractivity contribution in [3.8, 4) is 11.5 Å². The van der Waals surface area contributed by atoms with Crippen LogP contribution in [0, 0.1) is 0 Å². The molecule has 1 rings (SSSR count). The fraction of sp³-hybridized carbons (Fsp3) is 0.429. The summed E-state index contributed by atoms with van der Waals surface area (Å²) in [5, 5.41) is 3.29. The topological polar surface area (TPSA) is 30.5 Å². The predicted molar refractivity (Wildman–Crippen MR) is 70.8 cm³/mol. The molecule has 0 saturated carbocycles. The molecule has 0 aromatic heterocycles. The molecule has 0 aliphatic carbocycles. The lowest BCUT2D eigenvalue weighted by Gasteiger charge is -2.10. The maximum atomic E-state index is 5.62. The van der Waals surface area contributed by atoms with E-state index in [9.17, 15) is 0 Å². The molecule has 17 heavy (non-hydrogen) atoms. The lowest BCUT2D eigenvalue weighted by atomic mass is 10.3. The third kappa shape index (κ3) is 5.41. The van der Waals surface area contributed by atoms with Crippen molar-refractivity contribution in [3.05, 3.63) is 36.4 Å². The molecule has 0 radical (unpaired) electrons. The Balaban J connectivity index is 2.31. The second-order valence-corrected chi connectivity index (χ2v) is 3.89. The number of ether oxygens (including phenoxy) is 2. The summed E-state index contributed by atoms with van der Waals surface area (Å²) in [6.45, 7) is 8.45. The van der Waals surface area contributed by atoms with Gasteiger partial charge in [0.25, 0.3) is 0 Å². The highest BCUT2D eigenvalue weighted by Crippen LogP contribution is 2.19. The van der Waals surface area contributed by atoms with Crippen LogP contribution >= 0.6 is 0 Å². The van der Waals surface area contributed by atoms with Crippen molar-refractivity contribution in [2.45, 2.75) is 13.3 Å². The van der Waals surface area contributed by atoms with Crippen LogP contribution in [0.4, 0.5) is 0 Å². The molecular weight excluding hydrogens is 214 g/mol. The maximum Gasteiger partial charge on any atom is 0.123 e. The highest BCUT2D eigenvalue weighted by molar-refractivity contribution is 5.33. The van der Waals surface area contributed by atoms with Gasteiger partial charge < -0.3 is 14.8 Å². The normalized spacial score (nSPS) is 10.0. The minimum atomic E-state index is 0.532. The minimum absolute atomic E-state index is 0.532. The molecule has 0 spiro atoms. The van der Waals surface area contributed by atoms with Gasteiger partial charge in [-0.15, -0.1) is 0 Å². The van der Waals surface area contributed by atoms with E-state index in [2.05, 4.69) is 18.8 Å². The third-order valence-electron chi connectivity index (χ3n) is 2.29. The zero-order valence-corrected chi connectivity index (χ0v) is 10.7. The molecule has 1 N–H and O–H groups in total. The molecule has 0 amide bonds. The average molecular weight is 235 g/mol. The summed E-state index contributed by atoms with van der Waals surface area (Å²) in [5.41, 5.74) is 1.04. The van der Waals surface area contributed by atoms with E-state index in [1.807, 2.05) is 24.3 Å². The van der Waals surface area contributed by atoms with Gasteiger partial charge in [-0.2, -0.15) is 0 Å². The fourth-order valence-electron chi connectivity index (χ4n) is 1.37. The maximum absolute atomic E-state index is 5.62. The fourth-order valence-corrected chi connectivity index (χ4v) is 1.37. The Morgan fingerprint density at radius 1 is 1.35 bits per heavy atom. The Labute approximate surface area is 103 Å². The van der Waals surface area contributed by atoms with Gasteiger partial charge in [-0.3, -0.25) is 0 Å². The van der Waals surface area contributed by atoms with Crippen molar-refractivity contribution in [1.82, 2.24) is 5.32 Å². The van der Waals surface area contributed by atoms with Crippen molar-refractivity contribution in [2.24, 2.45) is 0 Å². The van der Waals surface area contributed by atoms with Crippen LogP contribution < -0.4 is 14.8 Å². The second-order valence-electron chi connectivity index (χ2n) is 3.89. The molecule has 0 unspecified atom stereocenters. The zero-order chi connectivity index (χ0) is 12.5. The Kier molecular flexibility index (Phi) is 6.18. The molecule has 0 heterocycles. The van der Waals surface area contributed by atoms with E-state index in [4.69, 9.17) is 9.47 Å². The van der Waals surface area contributed by atoms with Crippen LogP contribution in [-0.4, -0.2) is 26.8 Å². The number of methoxy groups -OCH3 is 1. The van der Waals surface area contributed by atoms with E-state index in [0.717, 1.165) is 36.6 Å². The Bertz CT molecular complexity index is 350. The smallest absolute Gasteiger partial charge is 0.123 e. The van der Waals surface area contributed by atoms with Crippen molar-refractivity contribution in [1.29, 1.82) is 0 Å². The van der Waals surface area contributed by atoms with E-state index in [1.165, 1.54) is 0 Å². The monoisotopic (exact) mass is 235 g/mol. The lowest BCUT2D eigenvalue weighted by Crippen LogP contribution is -2.20. The van der Waals surface area contributed by atoms with Gasteiger partial charge >= 0.3 is 0 Å². The molecule has 94 valence electrons. The van der Waals surface area contributed by atoms with Crippen LogP contribution in [0.15, 0.2) is 36.4 Å². The van der Waals surface area contributed by atoms with Crippen LogP contribution in [0.3, 0.4) is 0 Å². The number of benzene rings is 1. The highest BCUT2D eigenvalue weighted by atomic mass is 16.5. The summed E-state index contributed by atoms with van der Waals surface area (Å²) in [4.78, 5) is 0. The van der Waals surface area contributed by atoms with Crippen LogP contribution in [0.2, 0.25) is 0 Å². The summed E-state index contributed by atoms with van der Waals surface area (Å²) in [6, 6.07) is 7.58. The Morgan fingerprint density at radius 3 is 2.82 bits per heavy atom. The summed E-state index contributed by atoms with van der Waals surface area (Å²) in [5.74, 6) is 1.61. The van der Waals surface area contributed by atoms with Crippen LogP contribution in [0.1, 0.15) is 13.3 Å². The number of nitrogens with one attached hydrogen (secondary N) is 1. The van der Waals surface area contributed by atoms with Gasteiger partial charge in [-0.05, 0) is 30.7 Å². The molecular formula is C14H21NO2. The first-order valence-electron chi connectivity index (χ1n) is 5.90. The number of hydrogen-bond donors (Lipinski definition) is 1. The molecule has 1 aromatic carbocycles. The Morgan fingerprint density at radius 2 is 2.12 bits per heavy atom. The quantitative estimate of drug-likeness (QED) is 0.555. The van der Waals surface area contributed by atoms with E-state index < -0.39 is 0 Å². The van der Waals surface area contributed by atoms with E-state index in [0.29, 0.717) is 6.61 Å². The average Bonchev–Trinajstić information content (AvgIpc) is 2.37. The van der Waals surface area contributed by atoms with Crippen LogP contribution in [0.5, 0.6) is 11.5 Å². The summed E-state index contributed by atoms with van der Waals surface area (Å²) in [7, 11) is 1.65. The van der Waals surface area contributed by atoms with E-state index in [1.54, 1.807) is 7.11 Å². The molecule has 0 atom stereocenters. The van der Waals surface area contributed by atoms with Gasteiger partial charge in [0.05, 0.1) is 7.11 Å².